The highest BCUT2D eigenvalue weighted by atomic mass is 32.1. The third-order valence-electron chi connectivity index (χ3n) is 5.25. The maximum absolute atomic E-state index is 5.37. The monoisotopic (exact) mass is 453 g/mol. The molecule has 0 bridgehead atoms. The number of fused-ring (bicyclic) bond motifs is 1. The van der Waals surface area contributed by atoms with Crippen molar-refractivity contribution >= 4 is 27.4 Å². The van der Waals surface area contributed by atoms with Gasteiger partial charge in [0.1, 0.15) is 16.3 Å². The van der Waals surface area contributed by atoms with Crippen molar-refractivity contribution in [3.05, 3.63) is 79.3 Å². The number of ether oxygens (including phenoxy) is 1. The van der Waals surface area contributed by atoms with Gasteiger partial charge < -0.3 is 10.1 Å². The molecule has 1 unspecified atom stereocenters. The molecule has 5 aromatic rings. The minimum Gasteiger partial charge on any atom is -0.383 e. The lowest BCUT2D eigenvalue weighted by Crippen LogP contribution is -2.22. The summed E-state index contributed by atoms with van der Waals surface area (Å²) in [5.74, 6) is 1.37. The molecule has 164 valence electrons. The Balaban J connectivity index is 1.81. The van der Waals surface area contributed by atoms with Gasteiger partial charge in [-0.1, -0.05) is 36.4 Å². The van der Waals surface area contributed by atoms with Gasteiger partial charge in [0, 0.05) is 42.2 Å². The van der Waals surface area contributed by atoms with E-state index in [1.807, 2.05) is 48.8 Å². The van der Waals surface area contributed by atoms with Gasteiger partial charge in [0.15, 0.2) is 5.82 Å². The minimum absolute atomic E-state index is 0.0672. The van der Waals surface area contributed by atoms with Crippen LogP contribution in [0.3, 0.4) is 0 Å². The Bertz CT molecular complexity index is 1360. The van der Waals surface area contributed by atoms with Crippen molar-refractivity contribution in [3.8, 4) is 33.1 Å². The molecule has 0 aliphatic heterocycles. The van der Waals surface area contributed by atoms with Gasteiger partial charge in [-0.05, 0) is 42.3 Å². The fourth-order valence-electron chi connectivity index (χ4n) is 3.83. The van der Waals surface area contributed by atoms with Crippen molar-refractivity contribution in [2.45, 2.75) is 13.0 Å². The van der Waals surface area contributed by atoms with E-state index in [9.17, 15) is 0 Å². The molecule has 1 N–H and O–H groups in total. The summed E-state index contributed by atoms with van der Waals surface area (Å²) in [5.41, 5.74) is 4.07. The number of hydrogen-bond donors (Lipinski definition) is 1. The molecule has 0 spiro atoms. The second-order valence-electron chi connectivity index (χ2n) is 7.70. The summed E-state index contributed by atoms with van der Waals surface area (Å²) in [5, 5.41) is 4.56. The number of hydrogen-bond acceptors (Lipinski definition) is 7. The quantitative estimate of drug-likeness (QED) is 0.329. The first-order valence-corrected chi connectivity index (χ1v) is 11.5. The third kappa shape index (κ3) is 4.33. The van der Waals surface area contributed by atoms with E-state index < -0.39 is 0 Å². The standard InChI is InChI=1S/C26H23N5OS/c1-17(16-32-2)29-25-22-21(18-8-4-3-5-9-18)23(19-11-14-27-15-12-19)33-26(22)31-24(30-25)20-10-6-7-13-28-20/h3-15,17H,16H2,1-2H3,(H,29,30,31). The molecular weight excluding hydrogens is 430 g/mol. The number of nitrogens with one attached hydrogen (secondary N) is 1. The van der Waals surface area contributed by atoms with E-state index >= 15 is 0 Å². The second kappa shape index (κ2) is 9.44. The number of benzene rings is 1. The lowest BCUT2D eigenvalue weighted by Gasteiger charge is -2.16. The minimum atomic E-state index is 0.0672. The molecule has 0 aliphatic carbocycles. The lowest BCUT2D eigenvalue weighted by molar-refractivity contribution is 0.190. The van der Waals surface area contributed by atoms with Crippen LogP contribution in [0.15, 0.2) is 79.3 Å². The molecule has 33 heavy (non-hydrogen) atoms. The second-order valence-corrected chi connectivity index (χ2v) is 8.70. The fourth-order valence-corrected chi connectivity index (χ4v) is 5.03. The van der Waals surface area contributed by atoms with Crippen LogP contribution in [-0.2, 0) is 4.74 Å². The summed E-state index contributed by atoms with van der Waals surface area (Å²) in [7, 11) is 1.70. The van der Waals surface area contributed by atoms with Crippen LogP contribution in [0.2, 0.25) is 0 Å². The van der Waals surface area contributed by atoms with Crippen LogP contribution in [0.5, 0.6) is 0 Å². The highest BCUT2D eigenvalue weighted by Crippen LogP contribution is 2.46. The first-order valence-electron chi connectivity index (χ1n) is 10.7. The Hall–Kier alpha value is -3.68. The maximum Gasteiger partial charge on any atom is 0.181 e. The van der Waals surface area contributed by atoms with Gasteiger partial charge in [-0.15, -0.1) is 11.3 Å². The zero-order chi connectivity index (χ0) is 22.6. The number of methoxy groups -OCH3 is 1. The van der Waals surface area contributed by atoms with E-state index in [0.717, 1.165) is 43.3 Å². The summed E-state index contributed by atoms with van der Waals surface area (Å²) >= 11 is 1.66. The Morgan fingerprint density at radius 2 is 1.70 bits per heavy atom. The van der Waals surface area contributed by atoms with Gasteiger partial charge in [-0.2, -0.15) is 0 Å². The van der Waals surface area contributed by atoms with Crippen molar-refractivity contribution in [3.63, 3.8) is 0 Å². The molecule has 7 heteroatoms. The third-order valence-corrected chi connectivity index (χ3v) is 6.38. The molecule has 0 saturated carbocycles. The Labute approximate surface area is 196 Å². The van der Waals surface area contributed by atoms with Crippen molar-refractivity contribution in [1.29, 1.82) is 0 Å². The highest BCUT2D eigenvalue weighted by Gasteiger charge is 2.23. The Morgan fingerprint density at radius 3 is 2.42 bits per heavy atom. The van der Waals surface area contributed by atoms with Crippen LogP contribution >= 0.6 is 11.3 Å². The zero-order valence-corrected chi connectivity index (χ0v) is 19.2. The Kier molecular flexibility index (Phi) is 6.06. The molecule has 0 radical (unpaired) electrons. The predicted molar refractivity (Wildman–Crippen MR) is 134 cm³/mol. The molecule has 0 amide bonds. The molecular formula is C26H23N5OS. The summed E-state index contributed by atoms with van der Waals surface area (Å²) in [6.45, 7) is 2.64. The number of nitrogens with zero attached hydrogens (tertiary/aromatic N) is 4. The number of rotatable bonds is 7. The van der Waals surface area contributed by atoms with E-state index in [1.54, 1.807) is 24.6 Å². The summed E-state index contributed by atoms with van der Waals surface area (Å²) in [6, 6.07) is 20.3. The molecule has 5 rings (SSSR count). The molecule has 4 heterocycles. The van der Waals surface area contributed by atoms with Crippen LogP contribution in [0, 0.1) is 0 Å². The van der Waals surface area contributed by atoms with Gasteiger partial charge in [-0.25, -0.2) is 9.97 Å². The van der Waals surface area contributed by atoms with Gasteiger partial charge in [0.2, 0.25) is 0 Å². The highest BCUT2D eigenvalue weighted by molar-refractivity contribution is 7.22. The van der Waals surface area contributed by atoms with Crippen molar-refractivity contribution in [1.82, 2.24) is 19.9 Å². The van der Waals surface area contributed by atoms with Gasteiger partial charge in [0.05, 0.1) is 12.0 Å². The van der Waals surface area contributed by atoms with E-state index in [2.05, 4.69) is 46.5 Å². The largest absolute Gasteiger partial charge is 0.383 e. The van der Waals surface area contributed by atoms with Gasteiger partial charge in [0.25, 0.3) is 0 Å². The number of aromatic nitrogens is 4. The normalized spacial score (nSPS) is 12.1. The smallest absolute Gasteiger partial charge is 0.181 e. The van der Waals surface area contributed by atoms with Gasteiger partial charge >= 0.3 is 0 Å². The average Bonchev–Trinajstić information content (AvgIpc) is 3.26. The van der Waals surface area contributed by atoms with E-state index in [1.165, 1.54) is 0 Å². The van der Waals surface area contributed by atoms with Crippen molar-refractivity contribution in [2.75, 3.05) is 19.0 Å². The predicted octanol–water partition coefficient (Wildman–Crippen LogP) is 5.93. The number of thiophene rings is 1. The zero-order valence-electron chi connectivity index (χ0n) is 18.4. The van der Waals surface area contributed by atoms with Crippen LogP contribution in [0.1, 0.15) is 6.92 Å². The van der Waals surface area contributed by atoms with Crippen LogP contribution in [0.25, 0.3) is 43.3 Å². The van der Waals surface area contributed by atoms with Crippen LogP contribution in [-0.4, -0.2) is 39.7 Å². The number of anilines is 1. The summed E-state index contributed by atoms with van der Waals surface area (Å²) in [6.07, 6.45) is 5.40. The molecule has 0 saturated heterocycles. The fraction of sp³-hybridized carbons (Fsp3) is 0.154. The average molecular weight is 454 g/mol. The molecule has 1 aromatic carbocycles. The van der Waals surface area contributed by atoms with E-state index in [0.29, 0.717) is 12.4 Å². The Morgan fingerprint density at radius 1 is 0.909 bits per heavy atom. The van der Waals surface area contributed by atoms with Crippen LogP contribution in [0.4, 0.5) is 5.82 Å². The molecule has 0 aliphatic rings. The first kappa shape index (κ1) is 21.2. The van der Waals surface area contributed by atoms with Crippen molar-refractivity contribution in [2.24, 2.45) is 0 Å². The SMILES string of the molecule is COCC(C)Nc1nc(-c2ccccn2)nc2sc(-c3ccncc3)c(-c3ccccc3)c12. The lowest BCUT2D eigenvalue weighted by atomic mass is 10.00. The topological polar surface area (TPSA) is 72.8 Å². The maximum atomic E-state index is 5.37. The molecule has 4 aromatic heterocycles. The molecule has 6 nitrogen and oxygen atoms in total. The summed E-state index contributed by atoms with van der Waals surface area (Å²) in [4.78, 5) is 20.6. The molecule has 1 atom stereocenters. The molecule has 0 fully saturated rings. The van der Waals surface area contributed by atoms with E-state index in [4.69, 9.17) is 14.7 Å². The van der Waals surface area contributed by atoms with Crippen LogP contribution < -0.4 is 5.32 Å². The first-order chi connectivity index (χ1) is 16.2. The summed E-state index contributed by atoms with van der Waals surface area (Å²) < 4.78 is 5.37. The van der Waals surface area contributed by atoms with Crippen molar-refractivity contribution < 1.29 is 4.74 Å². The number of pyridine rings is 2. The van der Waals surface area contributed by atoms with Gasteiger partial charge in [-0.3, -0.25) is 9.97 Å². The van der Waals surface area contributed by atoms with E-state index in [-0.39, 0.29) is 6.04 Å².